The molecule has 1 aromatic carbocycles. The summed E-state index contributed by atoms with van der Waals surface area (Å²) in [6.07, 6.45) is 0. The van der Waals surface area contributed by atoms with Gasteiger partial charge in [0.2, 0.25) is 0 Å². The minimum Gasteiger partial charge on any atom is -0.459 e. The van der Waals surface area contributed by atoms with Gasteiger partial charge in [-0.15, -0.1) is 0 Å². The van der Waals surface area contributed by atoms with E-state index < -0.39 is 11.9 Å². The fraction of sp³-hybridized carbons (Fsp3) is 0.273. The van der Waals surface area contributed by atoms with E-state index in [1.54, 1.807) is 25.1 Å². The molecule has 5 heteroatoms. The number of carbonyl (C=O) groups excluding carboxylic acids is 2. The molecule has 0 saturated carbocycles. The van der Waals surface area contributed by atoms with E-state index in [-0.39, 0.29) is 6.61 Å². The van der Waals surface area contributed by atoms with Gasteiger partial charge in [-0.2, -0.15) is 0 Å². The van der Waals surface area contributed by atoms with Crippen LogP contribution in [0.4, 0.5) is 5.69 Å². The van der Waals surface area contributed by atoms with Crippen LogP contribution in [0.25, 0.3) is 0 Å². The molecule has 0 fully saturated rings. The zero-order chi connectivity index (χ0) is 12.0. The van der Waals surface area contributed by atoms with Gasteiger partial charge in [-0.1, -0.05) is 18.2 Å². The molecule has 1 amide bonds. The minimum atomic E-state index is -0.894. The first-order valence-corrected chi connectivity index (χ1v) is 4.95. The van der Waals surface area contributed by atoms with Crippen molar-refractivity contribution in [3.05, 3.63) is 29.8 Å². The molecule has 1 rings (SSSR count). The fourth-order valence-corrected chi connectivity index (χ4v) is 1.19. The number of hydrogen-bond acceptors (Lipinski definition) is 4. The van der Waals surface area contributed by atoms with Crippen LogP contribution in [0.5, 0.6) is 0 Å². The van der Waals surface area contributed by atoms with E-state index in [4.69, 9.17) is 5.73 Å². The zero-order valence-electron chi connectivity index (χ0n) is 9.03. The first-order chi connectivity index (χ1) is 7.69. The van der Waals surface area contributed by atoms with Gasteiger partial charge in [-0.25, -0.2) is 4.79 Å². The second-order valence-electron chi connectivity index (χ2n) is 3.04. The van der Waals surface area contributed by atoms with E-state index in [0.717, 1.165) is 5.56 Å². The Labute approximate surface area is 93.6 Å². The van der Waals surface area contributed by atoms with E-state index in [1.807, 2.05) is 6.07 Å². The molecule has 0 aliphatic heterocycles. The number of para-hydroxylation sites is 1. The highest BCUT2D eigenvalue weighted by molar-refractivity contribution is 6.37. The van der Waals surface area contributed by atoms with Crippen LogP contribution in [0.15, 0.2) is 24.3 Å². The zero-order valence-corrected chi connectivity index (χ0v) is 9.03. The van der Waals surface area contributed by atoms with Gasteiger partial charge in [0.1, 0.15) is 0 Å². The number of amides is 1. The Morgan fingerprint density at radius 2 is 2.06 bits per heavy atom. The number of nitrogens with one attached hydrogen (secondary N) is 1. The first-order valence-electron chi connectivity index (χ1n) is 4.95. The van der Waals surface area contributed by atoms with Gasteiger partial charge in [-0.3, -0.25) is 4.79 Å². The van der Waals surface area contributed by atoms with Crippen LogP contribution in [0.1, 0.15) is 12.5 Å². The lowest BCUT2D eigenvalue weighted by molar-refractivity contribution is -0.152. The van der Waals surface area contributed by atoms with Crippen molar-refractivity contribution < 1.29 is 14.3 Å². The van der Waals surface area contributed by atoms with Crippen LogP contribution in [0.3, 0.4) is 0 Å². The van der Waals surface area contributed by atoms with E-state index in [9.17, 15) is 9.59 Å². The number of esters is 1. The normalized spacial score (nSPS) is 9.62. The van der Waals surface area contributed by atoms with Gasteiger partial charge in [0.15, 0.2) is 0 Å². The molecule has 86 valence electrons. The third-order valence-corrected chi connectivity index (χ3v) is 1.95. The summed E-state index contributed by atoms with van der Waals surface area (Å²) in [5.74, 6) is -1.68. The largest absolute Gasteiger partial charge is 0.459 e. The molecule has 1 aromatic rings. The van der Waals surface area contributed by atoms with Crippen molar-refractivity contribution in [2.24, 2.45) is 5.73 Å². The topological polar surface area (TPSA) is 81.4 Å². The molecule has 5 nitrogen and oxygen atoms in total. The molecule has 0 unspecified atom stereocenters. The van der Waals surface area contributed by atoms with Crippen molar-refractivity contribution in [2.45, 2.75) is 13.5 Å². The van der Waals surface area contributed by atoms with Crippen molar-refractivity contribution >= 4 is 17.6 Å². The summed E-state index contributed by atoms with van der Waals surface area (Å²) >= 11 is 0. The predicted octanol–water partition coefficient (Wildman–Crippen LogP) is 0.647. The molecule has 0 spiro atoms. The molecule has 16 heavy (non-hydrogen) atoms. The molecule has 3 N–H and O–H groups in total. The smallest absolute Gasteiger partial charge is 0.397 e. The maximum absolute atomic E-state index is 11.3. The number of nitrogens with two attached hydrogens (primary N) is 1. The predicted molar refractivity (Wildman–Crippen MR) is 59.6 cm³/mol. The van der Waals surface area contributed by atoms with Crippen LogP contribution < -0.4 is 11.1 Å². The first kappa shape index (κ1) is 12.2. The van der Waals surface area contributed by atoms with Crippen LogP contribution >= 0.6 is 0 Å². The van der Waals surface area contributed by atoms with E-state index >= 15 is 0 Å². The number of rotatable bonds is 3. The van der Waals surface area contributed by atoms with Crippen LogP contribution in [-0.2, 0) is 20.9 Å². The number of carbonyl (C=O) groups is 2. The lowest BCUT2D eigenvalue weighted by atomic mass is 10.2. The van der Waals surface area contributed by atoms with E-state index in [0.29, 0.717) is 12.2 Å². The van der Waals surface area contributed by atoms with Crippen LogP contribution in [-0.4, -0.2) is 18.5 Å². The monoisotopic (exact) mass is 222 g/mol. The summed E-state index contributed by atoms with van der Waals surface area (Å²) in [4.78, 5) is 22.4. The second kappa shape index (κ2) is 5.87. The molecule has 0 aromatic heterocycles. The molecule has 0 aliphatic rings. The molecule has 0 radical (unpaired) electrons. The summed E-state index contributed by atoms with van der Waals surface area (Å²) in [5, 5.41) is 2.45. The molecule has 0 bridgehead atoms. The van der Waals surface area contributed by atoms with Crippen LogP contribution in [0, 0.1) is 0 Å². The Morgan fingerprint density at radius 3 is 2.69 bits per heavy atom. The highest BCUT2D eigenvalue weighted by Crippen LogP contribution is 2.13. The van der Waals surface area contributed by atoms with Crippen molar-refractivity contribution in [1.82, 2.24) is 0 Å². The third kappa shape index (κ3) is 3.06. The number of anilines is 1. The van der Waals surface area contributed by atoms with Crippen molar-refractivity contribution in [1.29, 1.82) is 0 Å². The molecule has 0 heterocycles. The lowest BCUT2D eigenvalue weighted by Crippen LogP contribution is -2.25. The van der Waals surface area contributed by atoms with Crippen molar-refractivity contribution in [3.63, 3.8) is 0 Å². The lowest BCUT2D eigenvalue weighted by Gasteiger charge is -2.08. The Bertz CT molecular complexity index is 391. The summed E-state index contributed by atoms with van der Waals surface area (Å²) in [7, 11) is 0. The fourth-order valence-electron chi connectivity index (χ4n) is 1.19. The van der Waals surface area contributed by atoms with E-state index in [2.05, 4.69) is 10.1 Å². The average molecular weight is 222 g/mol. The van der Waals surface area contributed by atoms with Gasteiger partial charge in [0.25, 0.3) is 0 Å². The summed E-state index contributed by atoms with van der Waals surface area (Å²) in [5.41, 5.74) is 6.79. The minimum absolute atomic E-state index is 0.171. The second-order valence-corrected chi connectivity index (χ2v) is 3.04. The average Bonchev–Trinajstić information content (AvgIpc) is 2.30. The Hall–Kier alpha value is -1.88. The molecule has 0 aliphatic carbocycles. The number of hydrogen-bond donors (Lipinski definition) is 2. The third-order valence-electron chi connectivity index (χ3n) is 1.95. The Kier molecular flexibility index (Phi) is 4.47. The highest BCUT2D eigenvalue weighted by Gasteiger charge is 2.15. The van der Waals surface area contributed by atoms with Crippen LogP contribution in [0.2, 0.25) is 0 Å². The molecular weight excluding hydrogens is 208 g/mol. The van der Waals surface area contributed by atoms with Gasteiger partial charge < -0.3 is 15.8 Å². The van der Waals surface area contributed by atoms with E-state index in [1.165, 1.54) is 0 Å². The van der Waals surface area contributed by atoms with Gasteiger partial charge in [0.05, 0.1) is 6.61 Å². The summed E-state index contributed by atoms with van der Waals surface area (Å²) in [6.45, 7) is 2.10. The SMILES string of the molecule is CCOC(=O)C(=O)Nc1ccccc1CN. The Morgan fingerprint density at radius 1 is 1.38 bits per heavy atom. The van der Waals surface area contributed by atoms with Crippen molar-refractivity contribution in [3.8, 4) is 0 Å². The number of benzene rings is 1. The Balaban J connectivity index is 2.73. The van der Waals surface area contributed by atoms with Gasteiger partial charge in [0, 0.05) is 12.2 Å². The molecular formula is C11H14N2O3. The summed E-state index contributed by atoms with van der Waals surface area (Å²) < 4.78 is 4.57. The standard InChI is InChI=1S/C11H14N2O3/c1-2-16-11(15)10(14)13-9-6-4-3-5-8(9)7-12/h3-6H,2,7,12H2,1H3,(H,13,14). The quantitative estimate of drug-likeness (QED) is 0.581. The van der Waals surface area contributed by atoms with Crippen molar-refractivity contribution in [2.75, 3.05) is 11.9 Å². The molecule has 0 saturated heterocycles. The van der Waals surface area contributed by atoms with Gasteiger partial charge in [-0.05, 0) is 18.6 Å². The number of ether oxygens (including phenoxy) is 1. The maximum atomic E-state index is 11.3. The molecule has 0 atom stereocenters. The maximum Gasteiger partial charge on any atom is 0.397 e. The highest BCUT2D eigenvalue weighted by atomic mass is 16.5. The van der Waals surface area contributed by atoms with Gasteiger partial charge >= 0.3 is 11.9 Å². The summed E-state index contributed by atoms with van der Waals surface area (Å²) in [6, 6.07) is 7.02.